The molecule has 0 N–H and O–H groups in total. The van der Waals surface area contributed by atoms with Crippen LogP contribution in [0, 0.1) is 11.3 Å². The number of ether oxygens (including phenoxy) is 2. The molecule has 1 aromatic heterocycles. The van der Waals surface area contributed by atoms with E-state index in [-0.39, 0.29) is 12.5 Å². The first kappa shape index (κ1) is 22.5. The van der Waals surface area contributed by atoms with E-state index < -0.39 is 0 Å². The lowest BCUT2D eigenvalue weighted by Crippen LogP contribution is -2.49. The monoisotopic (exact) mass is 492 g/mol. The van der Waals surface area contributed by atoms with Crippen molar-refractivity contribution in [3.63, 3.8) is 0 Å². The molecule has 0 aliphatic carbocycles. The molecule has 0 spiro atoms. The van der Waals surface area contributed by atoms with E-state index >= 15 is 0 Å². The Bertz CT molecular complexity index is 919. The molecule has 0 saturated carbocycles. The molecule has 160 valence electrons. The van der Waals surface area contributed by atoms with Gasteiger partial charge in [-0.05, 0) is 35.3 Å². The van der Waals surface area contributed by atoms with Crippen molar-refractivity contribution in [1.82, 2.24) is 14.8 Å². The van der Waals surface area contributed by atoms with Crippen molar-refractivity contribution >= 4 is 33.2 Å². The number of aromatic nitrogens is 1. The van der Waals surface area contributed by atoms with Crippen LogP contribution >= 0.6 is 27.3 Å². The van der Waals surface area contributed by atoms with Crippen LogP contribution in [0.25, 0.3) is 0 Å². The van der Waals surface area contributed by atoms with Crippen molar-refractivity contribution in [2.45, 2.75) is 26.8 Å². The number of benzene rings is 1. The van der Waals surface area contributed by atoms with Gasteiger partial charge in [-0.2, -0.15) is 5.26 Å². The van der Waals surface area contributed by atoms with Crippen molar-refractivity contribution in [3.8, 4) is 17.6 Å². The van der Waals surface area contributed by atoms with Gasteiger partial charge >= 0.3 is 0 Å². The number of nitriles is 1. The van der Waals surface area contributed by atoms with E-state index in [4.69, 9.17) is 14.7 Å². The van der Waals surface area contributed by atoms with Gasteiger partial charge in [0.1, 0.15) is 0 Å². The van der Waals surface area contributed by atoms with Gasteiger partial charge in [-0.1, -0.05) is 6.92 Å². The maximum Gasteiger partial charge on any atom is 0.260 e. The predicted octanol–water partition coefficient (Wildman–Crippen LogP) is 3.46. The number of thiazole rings is 1. The largest absolute Gasteiger partial charge is 0.490 e. The highest BCUT2D eigenvalue weighted by Gasteiger charge is 2.23. The second-order valence-electron chi connectivity index (χ2n) is 6.86. The maximum atomic E-state index is 12.6. The summed E-state index contributed by atoms with van der Waals surface area (Å²) in [6.45, 7) is 8.12. The summed E-state index contributed by atoms with van der Waals surface area (Å²) in [7, 11) is 0. The van der Waals surface area contributed by atoms with E-state index in [9.17, 15) is 4.79 Å². The molecule has 1 aliphatic rings. The molecular weight excluding hydrogens is 468 g/mol. The molecule has 9 heteroatoms. The zero-order valence-electron chi connectivity index (χ0n) is 17.2. The summed E-state index contributed by atoms with van der Waals surface area (Å²) in [4.78, 5) is 21.4. The molecule has 0 bridgehead atoms. The average Bonchev–Trinajstić information content (AvgIpc) is 3.21. The zero-order chi connectivity index (χ0) is 21.5. The molecule has 3 rings (SSSR count). The molecule has 1 saturated heterocycles. The molecule has 2 heterocycles. The van der Waals surface area contributed by atoms with Gasteiger partial charge in [0, 0.05) is 44.2 Å². The predicted molar refractivity (Wildman–Crippen MR) is 119 cm³/mol. The highest BCUT2D eigenvalue weighted by molar-refractivity contribution is 9.10. The minimum atomic E-state index is -0.0729. The van der Waals surface area contributed by atoms with Gasteiger partial charge in [0.15, 0.2) is 18.1 Å². The summed E-state index contributed by atoms with van der Waals surface area (Å²) in [5, 5.41) is 12.4. The normalized spacial score (nSPS) is 14.4. The third kappa shape index (κ3) is 5.72. The number of nitrogens with zero attached hydrogens (tertiary/aromatic N) is 4. The fourth-order valence-corrected chi connectivity index (χ4v) is 4.52. The number of rotatable bonds is 8. The Balaban J connectivity index is 1.52. The molecule has 30 heavy (non-hydrogen) atoms. The Morgan fingerprint density at radius 3 is 2.67 bits per heavy atom. The van der Waals surface area contributed by atoms with Crippen LogP contribution < -0.4 is 9.47 Å². The van der Waals surface area contributed by atoms with Gasteiger partial charge in [-0.3, -0.25) is 9.69 Å². The van der Waals surface area contributed by atoms with Crippen LogP contribution in [0.2, 0.25) is 0 Å². The molecule has 0 atom stereocenters. The van der Waals surface area contributed by atoms with Gasteiger partial charge in [0.05, 0.1) is 33.4 Å². The first-order chi connectivity index (χ1) is 14.5. The maximum absolute atomic E-state index is 12.6. The van der Waals surface area contributed by atoms with Gasteiger partial charge in [-0.25, -0.2) is 4.98 Å². The van der Waals surface area contributed by atoms with Crippen molar-refractivity contribution in [2.24, 2.45) is 0 Å². The van der Waals surface area contributed by atoms with Crippen LogP contribution in [0.4, 0.5) is 0 Å². The number of halogens is 1. The number of carbonyl (C=O) groups is 1. The zero-order valence-corrected chi connectivity index (χ0v) is 19.6. The van der Waals surface area contributed by atoms with E-state index in [1.54, 1.807) is 23.5 Å². The summed E-state index contributed by atoms with van der Waals surface area (Å²) in [5.41, 5.74) is 1.57. The third-order valence-electron chi connectivity index (χ3n) is 4.79. The minimum absolute atomic E-state index is 0.0599. The minimum Gasteiger partial charge on any atom is -0.490 e. The number of aryl methyl sites for hydroxylation is 1. The third-order valence-corrected chi connectivity index (χ3v) is 6.42. The molecule has 1 amide bonds. The smallest absolute Gasteiger partial charge is 0.260 e. The first-order valence-corrected chi connectivity index (χ1v) is 11.6. The Hall–Kier alpha value is -2.15. The van der Waals surface area contributed by atoms with Crippen LogP contribution in [0.3, 0.4) is 0 Å². The van der Waals surface area contributed by atoms with Crippen LogP contribution in [-0.2, 0) is 17.8 Å². The number of carbonyl (C=O) groups excluding carboxylic acids is 1. The lowest BCUT2D eigenvalue weighted by Gasteiger charge is -2.34. The summed E-state index contributed by atoms with van der Waals surface area (Å²) in [6, 6.07) is 5.36. The van der Waals surface area contributed by atoms with E-state index in [0.717, 1.165) is 36.8 Å². The molecule has 7 nitrogen and oxygen atoms in total. The highest BCUT2D eigenvalue weighted by Crippen LogP contribution is 2.36. The lowest BCUT2D eigenvalue weighted by atomic mass is 10.2. The standard InChI is InChI=1S/C21H25BrN4O3S/c1-3-19-24-16(14-30-19)12-25-5-7-26(8-6-25)20(27)13-29-21-17(22)9-15(11-23)10-18(21)28-4-2/h9-10,14H,3-8,12-13H2,1-2H3. The van der Waals surface area contributed by atoms with Crippen molar-refractivity contribution in [2.75, 3.05) is 39.4 Å². The summed E-state index contributed by atoms with van der Waals surface area (Å²) >= 11 is 5.11. The van der Waals surface area contributed by atoms with Crippen LogP contribution in [0.5, 0.6) is 11.5 Å². The second-order valence-corrected chi connectivity index (χ2v) is 8.66. The summed E-state index contributed by atoms with van der Waals surface area (Å²) in [5.74, 6) is 0.837. The number of hydrogen-bond donors (Lipinski definition) is 0. The van der Waals surface area contributed by atoms with Crippen molar-refractivity contribution in [1.29, 1.82) is 5.26 Å². The Morgan fingerprint density at radius 2 is 2.03 bits per heavy atom. The van der Waals surface area contributed by atoms with Crippen LogP contribution in [0.1, 0.15) is 30.1 Å². The van der Waals surface area contributed by atoms with E-state index in [0.29, 0.717) is 41.2 Å². The van der Waals surface area contributed by atoms with E-state index in [1.165, 1.54) is 0 Å². The fraction of sp³-hybridized carbons (Fsp3) is 0.476. The first-order valence-electron chi connectivity index (χ1n) is 9.96. The molecule has 1 aliphatic heterocycles. The van der Waals surface area contributed by atoms with Crippen molar-refractivity contribution in [3.05, 3.63) is 38.3 Å². The summed E-state index contributed by atoms with van der Waals surface area (Å²) < 4.78 is 11.9. The molecule has 0 radical (unpaired) electrons. The number of piperazine rings is 1. The van der Waals surface area contributed by atoms with E-state index in [2.05, 4.69) is 44.2 Å². The fourth-order valence-electron chi connectivity index (χ4n) is 3.23. The molecule has 2 aromatic rings. The molecular formula is C21H25BrN4O3S. The van der Waals surface area contributed by atoms with Gasteiger partial charge < -0.3 is 14.4 Å². The second kappa shape index (κ2) is 10.8. The Kier molecular flexibility index (Phi) is 8.08. The van der Waals surface area contributed by atoms with Crippen molar-refractivity contribution < 1.29 is 14.3 Å². The lowest BCUT2D eigenvalue weighted by molar-refractivity contribution is -0.135. The van der Waals surface area contributed by atoms with Gasteiger partial charge in [0.25, 0.3) is 5.91 Å². The topological polar surface area (TPSA) is 78.7 Å². The summed E-state index contributed by atoms with van der Waals surface area (Å²) in [6.07, 6.45) is 0.966. The molecule has 0 unspecified atom stereocenters. The number of amides is 1. The van der Waals surface area contributed by atoms with Crippen LogP contribution in [-0.4, -0.2) is 60.1 Å². The quantitative estimate of drug-likeness (QED) is 0.561. The Morgan fingerprint density at radius 1 is 1.27 bits per heavy atom. The molecule has 1 aromatic carbocycles. The Labute approximate surface area is 189 Å². The highest BCUT2D eigenvalue weighted by atomic mass is 79.9. The van der Waals surface area contributed by atoms with E-state index in [1.807, 2.05) is 11.8 Å². The van der Waals surface area contributed by atoms with Gasteiger partial charge in [0.2, 0.25) is 0 Å². The van der Waals surface area contributed by atoms with Gasteiger partial charge in [-0.15, -0.1) is 11.3 Å². The number of hydrogen-bond acceptors (Lipinski definition) is 7. The average molecular weight is 493 g/mol. The molecule has 1 fully saturated rings. The van der Waals surface area contributed by atoms with Crippen LogP contribution in [0.15, 0.2) is 22.0 Å². The SMILES string of the molecule is CCOc1cc(C#N)cc(Br)c1OCC(=O)N1CCN(Cc2csc(CC)n2)CC1.